The van der Waals surface area contributed by atoms with Crippen LogP contribution in [0.4, 0.5) is 0 Å². The lowest BCUT2D eigenvalue weighted by Gasteiger charge is -2.40. The standard InChI is InChI=1S/C22H26N2/c1-3-7-18(8-4-1)20-12-15-24(16-13-20)22-17-21(11-14-23-22)19-9-5-2-6-10-19/h1-11,20,22-23H,12-17H2. The highest BCUT2D eigenvalue weighted by atomic mass is 15.3. The molecule has 0 spiro atoms. The van der Waals surface area contributed by atoms with Gasteiger partial charge < -0.3 is 0 Å². The fourth-order valence-corrected chi connectivity index (χ4v) is 4.10. The van der Waals surface area contributed by atoms with Gasteiger partial charge in [0.15, 0.2) is 0 Å². The Morgan fingerprint density at radius 2 is 1.50 bits per heavy atom. The van der Waals surface area contributed by atoms with Gasteiger partial charge in [0.2, 0.25) is 0 Å². The van der Waals surface area contributed by atoms with Crippen molar-refractivity contribution in [2.75, 3.05) is 19.6 Å². The zero-order chi connectivity index (χ0) is 16.2. The predicted octanol–water partition coefficient (Wildman–Crippen LogP) is 4.27. The van der Waals surface area contributed by atoms with Crippen LogP contribution in [0.15, 0.2) is 66.7 Å². The molecule has 0 saturated carbocycles. The second-order valence-electron chi connectivity index (χ2n) is 6.94. The van der Waals surface area contributed by atoms with Gasteiger partial charge in [0.1, 0.15) is 0 Å². The Balaban J connectivity index is 1.37. The molecular formula is C22H26N2. The molecular weight excluding hydrogens is 292 g/mol. The van der Waals surface area contributed by atoms with Gasteiger partial charge in [-0.3, -0.25) is 10.2 Å². The first-order chi connectivity index (χ1) is 11.9. The highest BCUT2D eigenvalue weighted by Gasteiger charge is 2.27. The number of nitrogens with zero attached hydrogens (tertiary/aromatic N) is 1. The fourth-order valence-electron chi connectivity index (χ4n) is 4.10. The van der Waals surface area contributed by atoms with Crippen molar-refractivity contribution in [1.82, 2.24) is 10.2 Å². The highest BCUT2D eigenvalue weighted by molar-refractivity contribution is 5.66. The van der Waals surface area contributed by atoms with Crippen molar-refractivity contribution in [1.29, 1.82) is 0 Å². The zero-order valence-electron chi connectivity index (χ0n) is 14.2. The lowest BCUT2D eigenvalue weighted by Crippen LogP contribution is -2.50. The third-order valence-corrected chi connectivity index (χ3v) is 5.50. The van der Waals surface area contributed by atoms with Gasteiger partial charge >= 0.3 is 0 Å². The maximum atomic E-state index is 3.69. The molecule has 2 heterocycles. The molecule has 1 fully saturated rings. The molecule has 2 aromatic rings. The smallest absolute Gasteiger partial charge is 0.0641 e. The van der Waals surface area contributed by atoms with E-state index in [0.717, 1.165) is 18.9 Å². The van der Waals surface area contributed by atoms with Gasteiger partial charge in [-0.25, -0.2) is 0 Å². The molecule has 0 aromatic heterocycles. The average molecular weight is 318 g/mol. The van der Waals surface area contributed by atoms with Crippen LogP contribution in [0.2, 0.25) is 0 Å². The molecule has 2 heteroatoms. The van der Waals surface area contributed by atoms with E-state index >= 15 is 0 Å². The van der Waals surface area contributed by atoms with Crippen molar-refractivity contribution in [3.63, 3.8) is 0 Å². The molecule has 4 rings (SSSR count). The number of nitrogens with one attached hydrogen (secondary N) is 1. The van der Waals surface area contributed by atoms with Crippen molar-refractivity contribution >= 4 is 5.57 Å². The Labute approximate surface area is 145 Å². The largest absolute Gasteiger partial charge is 0.298 e. The van der Waals surface area contributed by atoms with Crippen LogP contribution in [0, 0.1) is 0 Å². The van der Waals surface area contributed by atoms with Gasteiger partial charge in [0, 0.05) is 26.1 Å². The van der Waals surface area contributed by atoms with Gasteiger partial charge in [0.05, 0.1) is 6.17 Å². The van der Waals surface area contributed by atoms with Crippen LogP contribution in [0.25, 0.3) is 5.57 Å². The predicted molar refractivity (Wildman–Crippen MR) is 101 cm³/mol. The first-order valence-corrected chi connectivity index (χ1v) is 9.17. The molecule has 0 aliphatic carbocycles. The first-order valence-electron chi connectivity index (χ1n) is 9.17. The quantitative estimate of drug-likeness (QED) is 0.909. The van der Waals surface area contributed by atoms with Crippen LogP contribution < -0.4 is 5.32 Å². The molecule has 24 heavy (non-hydrogen) atoms. The van der Waals surface area contributed by atoms with Crippen molar-refractivity contribution in [2.24, 2.45) is 0 Å². The van der Waals surface area contributed by atoms with Crippen LogP contribution >= 0.6 is 0 Å². The van der Waals surface area contributed by atoms with E-state index in [1.807, 2.05) is 0 Å². The summed E-state index contributed by atoms with van der Waals surface area (Å²) in [4.78, 5) is 2.65. The number of hydrogen-bond acceptors (Lipinski definition) is 2. The number of benzene rings is 2. The van der Waals surface area contributed by atoms with Gasteiger partial charge in [-0.15, -0.1) is 0 Å². The minimum absolute atomic E-state index is 0.488. The Morgan fingerprint density at radius 3 is 2.21 bits per heavy atom. The van der Waals surface area contributed by atoms with E-state index in [4.69, 9.17) is 0 Å². The molecule has 0 radical (unpaired) electrons. The van der Waals surface area contributed by atoms with E-state index in [2.05, 4.69) is 77.0 Å². The third kappa shape index (κ3) is 3.45. The molecule has 2 aromatic carbocycles. The lowest BCUT2D eigenvalue weighted by atomic mass is 9.88. The number of likely N-dealkylation sites (tertiary alicyclic amines) is 1. The molecule has 2 aliphatic rings. The molecule has 1 unspecified atom stereocenters. The second-order valence-corrected chi connectivity index (χ2v) is 6.94. The second kappa shape index (κ2) is 7.33. The zero-order valence-corrected chi connectivity index (χ0v) is 14.2. The third-order valence-electron chi connectivity index (χ3n) is 5.50. The van der Waals surface area contributed by atoms with E-state index in [-0.39, 0.29) is 0 Å². The highest BCUT2D eigenvalue weighted by Crippen LogP contribution is 2.31. The van der Waals surface area contributed by atoms with Crippen molar-refractivity contribution in [2.45, 2.75) is 31.3 Å². The summed E-state index contributed by atoms with van der Waals surface area (Å²) in [6, 6.07) is 21.9. The van der Waals surface area contributed by atoms with E-state index in [1.54, 1.807) is 0 Å². The maximum Gasteiger partial charge on any atom is 0.0641 e. The fraction of sp³-hybridized carbons (Fsp3) is 0.364. The topological polar surface area (TPSA) is 15.3 Å². The van der Waals surface area contributed by atoms with Crippen LogP contribution in [-0.4, -0.2) is 30.7 Å². The van der Waals surface area contributed by atoms with Gasteiger partial charge in [-0.05, 0) is 35.5 Å². The Kier molecular flexibility index (Phi) is 4.77. The van der Waals surface area contributed by atoms with Crippen molar-refractivity contribution in [3.8, 4) is 0 Å². The van der Waals surface area contributed by atoms with Crippen molar-refractivity contribution in [3.05, 3.63) is 77.9 Å². The summed E-state index contributed by atoms with van der Waals surface area (Å²) >= 11 is 0. The van der Waals surface area contributed by atoms with Crippen LogP contribution in [0.3, 0.4) is 0 Å². The van der Waals surface area contributed by atoms with Gasteiger partial charge in [-0.1, -0.05) is 66.7 Å². The van der Waals surface area contributed by atoms with Gasteiger partial charge in [0.25, 0.3) is 0 Å². The summed E-state index contributed by atoms with van der Waals surface area (Å²) < 4.78 is 0. The lowest BCUT2D eigenvalue weighted by molar-refractivity contribution is 0.130. The molecule has 2 nitrogen and oxygen atoms in total. The summed E-state index contributed by atoms with van der Waals surface area (Å²) in [5.74, 6) is 0.732. The van der Waals surface area contributed by atoms with Crippen LogP contribution in [-0.2, 0) is 0 Å². The summed E-state index contributed by atoms with van der Waals surface area (Å²) in [6.45, 7) is 3.37. The van der Waals surface area contributed by atoms with Crippen LogP contribution in [0.1, 0.15) is 36.3 Å². The summed E-state index contributed by atoms with van der Waals surface area (Å²) in [5, 5.41) is 3.69. The Morgan fingerprint density at radius 1 is 0.833 bits per heavy atom. The van der Waals surface area contributed by atoms with E-state index < -0.39 is 0 Å². The molecule has 1 N–H and O–H groups in total. The number of hydrogen-bond donors (Lipinski definition) is 1. The molecule has 124 valence electrons. The number of rotatable bonds is 3. The molecule has 0 amide bonds. The average Bonchev–Trinajstić information content (AvgIpc) is 2.70. The maximum absolute atomic E-state index is 3.69. The summed E-state index contributed by atoms with van der Waals surface area (Å²) in [5.41, 5.74) is 4.38. The molecule has 0 bridgehead atoms. The number of piperidine rings is 1. The van der Waals surface area contributed by atoms with Crippen molar-refractivity contribution < 1.29 is 0 Å². The first kappa shape index (κ1) is 15.6. The molecule has 2 aliphatic heterocycles. The van der Waals surface area contributed by atoms with E-state index in [9.17, 15) is 0 Å². The minimum Gasteiger partial charge on any atom is -0.298 e. The molecule has 1 saturated heterocycles. The summed E-state index contributed by atoms with van der Waals surface area (Å²) in [6.07, 6.45) is 6.49. The van der Waals surface area contributed by atoms with Gasteiger partial charge in [-0.2, -0.15) is 0 Å². The normalized spacial score (nSPS) is 23.0. The Bertz CT molecular complexity index is 670. The van der Waals surface area contributed by atoms with E-state index in [1.165, 1.54) is 42.6 Å². The van der Waals surface area contributed by atoms with Crippen LogP contribution in [0.5, 0.6) is 0 Å². The SMILES string of the molecule is C1=C(c2ccccc2)CC(N2CCC(c3ccccc3)CC2)NC1. The Hall–Kier alpha value is -1.90. The molecule has 1 atom stereocenters. The summed E-state index contributed by atoms with van der Waals surface area (Å²) in [7, 11) is 0. The minimum atomic E-state index is 0.488. The monoisotopic (exact) mass is 318 g/mol. The van der Waals surface area contributed by atoms with E-state index in [0.29, 0.717) is 6.17 Å².